The highest BCUT2D eigenvalue weighted by Gasteiger charge is 2.30. The van der Waals surface area contributed by atoms with E-state index in [0.29, 0.717) is 17.4 Å². The van der Waals surface area contributed by atoms with Gasteiger partial charge in [0.05, 0.1) is 33.8 Å². The molecule has 0 aliphatic carbocycles. The van der Waals surface area contributed by atoms with Crippen LogP contribution in [0.15, 0.2) is 97.2 Å². The Morgan fingerprint density at radius 1 is 0.507 bits per heavy atom. The van der Waals surface area contributed by atoms with Crippen LogP contribution in [0, 0.1) is 0 Å². The number of amides is 1. The van der Waals surface area contributed by atoms with E-state index in [4.69, 9.17) is 13.8 Å². The SMILES string of the molecule is CC/C=C\C/C=C\C/C=C\C/C=C\C/C=C\CCCC(=O)NC(COP(=O)(O)OCC[N+](C)(C)C)C(/C=C/CCCCCCCCCCC)OC(=O)CCCCCCCCC/C=C\C/C=C\CCCCC. The van der Waals surface area contributed by atoms with Crippen LogP contribution in [0.5, 0.6) is 0 Å². The zero-order valence-corrected chi connectivity index (χ0v) is 47.3. The summed E-state index contributed by atoms with van der Waals surface area (Å²) >= 11 is 0. The summed E-state index contributed by atoms with van der Waals surface area (Å²) in [7, 11) is 1.44. The molecule has 0 saturated heterocycles. The van der Waals surface area contributed by atoms with Gasteiger partial charge >= 0.3 is 13.8 Å². The van der Waals surface area contributed by atoms with Gasteiger partial charge < -0.3 is 19.4 Å². The predicted molar refractivity (Wildman–Crippen MR) is 304 cm³/mol. The number of ether oxygens (including phenoxy) is 1. The highest BCUT2D eigenvalue weighted by atomic mass is 31.2. The van der Waals surface area contributed by atoms with E-state index >= 15 is 0 Å². The third kappa shape index (κ3) is 51.6. The van der Waals surface area contributed by atoms with Gasteiger partial charge in [-0.2, -0.15) is 0 Å². The van der Waals surface area contributed by atoms with Crippen LogP contribution in [-0.2, 0) is 27.9 Å². The van der Waals surface area contributed by atoms with Gasteiger partial charge in [0.2, 0.25) is 5.91 Å². The summed E-state index contributed by atoms with van der Waals surface area (Å²) in [4.78, 5) is 37.5. The van der Waals surface area contributed by atoms with Gasteiger partial charge in [-0.3, -0.25) is 18.6 Å². The van der Waals surface area contributed by atoms with Gasteiger partial charge in [0, 0.05) is 12.8 Å². The second kappa shape index (κ2) is 50.5. The fourth-order valence-corrected chi connectivity index (χ4v) is 8.33. The van der Waals surface area contributed by atoms with E-state index in [9.17, 15) is 19.0 Å². The van der Waals surface area contributed by atoms with Gasteiger partial charge in [-0.05, 0) is 102 Å². The molecular formula is C61H108N2O7P+. The van der Waals surface area contributed by atoms with Crippen LogP contribution >= 0.6 is 7.82 Å². The minimum Gasteiger partial charge on any atom is -0.456 e. The van der Waals surface area contributed by atoms with Crippen molar-refractivity contribution in [1.82, 2.24) is 5.32 Å². The Balaban J connectivity index is 5.43. The van der Waals surface area contributed by atoms with Crippen LogP contribution in [0.25, 0.3) is 0 Å². The van der Waals surface area contributed by atoms with E-state index in [1.165, 1.54) is 89.9 Å². The van der Waals surface area contributed by atoms with Crippen molar-refractivity contribution in [2.45, 2.75) is 238 Å². The number of phosphoric ester groups is 1. The summed E-state index contributed by atoms with van der Waals surface area (Å²) in [5.74, 6) is -0.589. The standard InChI is InChI=1S/C61H107N2O7P/c1-7-10-13-16-19-22-25-27-29-31-33-35-38-41-44-47-50-53-60(64)62-58(57-69-71(66,67)68-56-55-63(4,5)6)59(52-49-46-43-40-37-24-21-18-15-12-9-3)70-61(65)54-51-48-45-42-39-36-34-32-30-28-26-23-20-17-14-11-8-2/h10,13,19-20,22-23,27-30,33,35,41,44,49,52,58-59H,7-9,11-12,14-18,21,24-26,31-32,34,36-40,42-43,45-48,50-51,53-57H2,1-6H3,(H-,62,64,66,67)/p+1/b13-10-,22-19-,23-20-,29-27-,30-28-,35-33-,44-41-,52-49+. The van der Waals surface area contributed by atoms with Crippen molar-refractivity contribution in [3.63, 3.8) is 0 Å². The first-order valence-corrected chi connectivity index (χ1v) is 30.1. The molecule has 0 saturated carbocycles. The van der Waals surface area contributed by atoms with Gasteiger partial charge in [0.25, 0.3) is 0 Å². The van der Waals surface area contributed by atoms with Crippen molar-refractivity contribution in [1.29, 1.82) is 0 Å². The minimum atomic E-state index is -4.47. The van der Waals surface area contributed by atoms with E-state index in [0.717, 1.165) is 96.3 Å². The molecule has 408 valence electrons. The number of unbranched alkanes of at least 4 members (excludes halogenated alkanes) is 20. The molecule has 0 aliphatic heterocycles. The quantitative estimate of drug-likeness (QED) is 0.0205. The summed E-state index contributed by atoms with van der Waals surface area (Å²) < 4.78 is 30.5. The molecule has 71 heavy (non-hydrogen) atoms. The first-order chi connectivity index (χ1) is 34.4. The van der Waals surface area contributed by atoms with Crippen molar-refractivity contribution in [2.24, 2.45) is 0 Å². The number of esters is 1. The van der Waals surface area contributed by atoms with Crippen LogP contribution < -0.4 is 5.32 Å². The maximum absolute atomic E-state index is 13.5. The van der Waals surface area contributed by atoms with E-state index in [2.05, 4.69) is 111 Å². The Morgan fingerprint density at radius 3 is 1.41 bits per heavy atom. The number of likely N-dealkylation sites (N-methyl/N-ethyl adjacent to an activating group) is 1. The third-order valence-corrected chi connectivity index (χ3v) is 13.0. The van der Waals surface area contributed by atoms with Crippen molar-refractivity contribution in [3.8, 4) is 0 Å². The Kier molecular flexibility index (Phi) is 48.3. The molecule has 0 aromatic rings. The maximum atomic E-state index is 13.5. The Hall–Kier alpha value is -3.07. The number of hydrogen-bond acceptors (Lipinski definition) is 6. The lowest BCUT2D eigenvalue weighted by Crippen LogP contribution is -2.47. The molecule has 0 spiro atoms. The number of carbonyl (C=O) groups excluding carboxylic acids is 2. The lowest BCUT2D eigenvalue weighted by atomic mass is 10.1. The van der Waals surface area contributed by atoms with Crippen molar-refractivity contribution in [2.75, 3.05) is 40.9 Å². The average molecular weight is 1010 g/mol. The molecule has 1 amide bonds. The molecule has 0 aromatic carbocycles. The molecule has 0 aromatic heterocycles. The van der Waals surface area contributed by atoms with Crippen LogP contribution in [0.3, 0.4) is 0 Å². The van der Waals surface area contributed by atoms with E-state index < -0.39 is 20.0 Å². The Bertz CT molecular complexity index is 1540. The normalized spacial score (nSPS) is 14.5. The average Bonchev–Trinajstić information content (AvgIpc) is 3.33. The fourth-order valence-electron chi connectivity index (χ4n) is 7.59. The molecule has 10 heteroatoms. The Labute approximate surface area is 437 Å². The summed E-state index contributed by atoms with van der Waals surface area (Å²) in [6, 6.07) is -0.885. The van der Waals surface area contributed by atoms with E-state index in [1.807, 2.05) is 33.3 Å². The fraction of sp³-hybridized carbons (Fsp3) is 0.705. The molecule has 9 nitrogen and oxygen atoms in total. The first-order valence-electron chi connectivity index (χ1n) is 28.6. The molecule has 0 rings (SSSR count). The molecule has 3 atom stereocenters. The zero-order chi connectivity index (χ0) is 52.2. The number of quaternary nitrogens is 1. The molecule has 0 fully saturated rings. The summed E-state index contributed by atoms with van der Waals surface area (Å²) in [5.41, 5.74) is 0. The monoisotopic (exact) mass is 1010 g/mol. The maximum Gasteiger partial charge on any atom is 0.472 e. The molecule has 3 unspecified atom stereocenters. The summed E-state index contributed by atoms with van der Waals surface area (Å²) in [5, 5.41) is 3.01. The van der Waals surface area contributed by atoms with Gasteiger partial charge in [-0.25, -0.2) is 4.57 Å². The lowest BCUT2D eigenvalue weighted by molar-refractivity contribution is -0.870. The number of rotatable bonds is 50. The second-order valence-corrected chi connectivity index (χ2v) is 21.5. The zero-order valence-electron chi connectivity index (χ0n) is 46.4. The van der Waals surface area contributed by atoms with Crippen LogP contribution in [-0.4, -0.2) is 74.3 Å². The van der Waals surface area contributed by atoms with Crippen molar-refractivity contribution >= 4 is 19.7 Å². The molecule has 0 radical (unpaired) electrons. The van der Waals surface area contributed by atoms with Gasteiger partial charge in [0.15, 0.2) is 0 Å². The first kappa shape index (κ1) is 67.9. The number of hydrogen-bond donors (Lipinski definition) is 2. The third-order valence-electron chi connectivity index (χ3n) is 12.0. The van der Waals surface area contributed by atoms with E-state index in [-0.39, 0.29) is 37.9 Å². The number of allylic oxidation sites excluding steroid dienone is 15. The lowest BCUT2D eigenvalue weighted by Gasteiger charge is -2.27. The highest BCUT2D eigenvalue weighted by Crippen LogP contribution is 2.43. The molecule has 0 bridgehead atoms. The van der Waals surface area contributed by atoms with Gasteiger partial charge in [0.1, 0.15) is 19.3 Å². The Morgan fingerprint density at radius 2 is 0.915 bits per heavy atom. The van der Waals surface area contributed by atoms with Gasteiger partial charge in [-0.15, -0.1) is 0 Å². The van der Waals surface area contributed by atoms with Crippen LogP contribution in [0.1, 0.15) is 226 Å². The topological polar surface area (TPSA) is 111 Å². The summed E-state index contributed by atoms with van der Waals surface area (Å²) in [6.45, 7) is 6.80. The molecule has 2 N–H and O–H groups in total. The van der Waals surface area contributed by atoms with Crippen LogP contribution in [0.2, 0.25) is 0 Å². The second-order valence-electron chi connectivity index (χ2n) is 20.1. The van der Waals surface area contributed by atoms with Crippen LogP contribution in [0.4, 0.5) is 0 Å². The van der Waals surface area contributed by atoms with Crippen molar-refractivity contribution < 1.29 is 37.3 Å². The highest BCUT2D eigenvalue weighted by molar-refractivity contribution is 7.47. The molecule has 0 aliphatic rings. The molecular weight excluding hydrogens is 904 g/mol. The smallest absolute Gasteiger partial charge is 0.456 e. The van der Waals surface area contributed by atoms with E-state index in [1.54, 1.807) is 0 Å². The molecule has 0 heterocycles. The van der Waals surface area contributed by atoms with Gasteiger partial charge in [-0.1, -0.05) is 208 Å². The number of phosphoric acid groups is 1. The van der Waals surface area contributed by atoms with Crippen molar-refractivity contribution in [3.05, 3.63) is 97.2 Å². The predicted octanol–water partition coefficient (Wildman–Crippen LogP) is 17.2. The largest absolute Gasteiger partial charge is 0.472 e. The number of nitrogens with one attached hydrogen (secondary N) is 1. The summed E-state index contributed by atoms with van der Waals surface area (Å²) in [6.07, 6.45) is 67.0. The number of carbonyl (C=O) groups is 2. The number of nitrogens with zero attached hydrogens (tertiary/aromatic N) is 1. The minimum absolute atomic E-state index is 0.0237.